The van der Waals surface area contributed by atoms with Crippen LogP contribution in [0.25, 0.3) is 0 Å². The molecule has 1 aromatic rings. The van der Waals surface area contributed by atoms with E-state index in [1.165, 1.54) is 24.9 Å². The second-order valence-corrected chi connectivity index (χ2v) is 2.82. The van der Waals surface area contributed by atoms with Gasteiger partial charge >= 0.3 is 0 Å². The molecule has 0 aliphatic carbocycles. The number of methoxy groups -OCH3 is 1. The molecule has 1 heterocycles. The van der Waals surface area contributed by atoms with Crippen LogP contribution in [0.5, 0.6) is 5.75 Å². The fourth-order valence-electron chi connectivity index (χ4n) is 0.978. The molecular weight excluding hydrogens is 192 g/mol. The zero-order chi connectivity index (χ0) is 10.0. The van der Waals surface area contributed by atoms with Crippen LogP contribution in [0, 0.1) is 11.3 Å². The fourth-order valence-corrected chi connectivity index (χ4v) is 1.30. The van der Waals surface area contributed by atoms with E-state index < -0.39 is 5.56 Å². The average molecular weight is 199 g/mol. The quantitative estimate of drug-likeness (QED) is 0.674. The van der Waals surface area contributed by atoms with Crippen LogP contribution in [0.2, 0.25) is 5.02 Å². The van der Waals surface area contributed by atoms with Gasteiger partial charge < -0.3 is 9.30 Å². The number of hydrogen-bond acceptors (Lipinski definition) is 3. The molecule has 0 saturated heterocycles. The molecule has 0 aliphatic rings. The Morgan fingerprint density at radius 2 is 2.31 bits per heavy atom. The van der Waals surface area contributed by atoms with Crippen LogP contribution < -0.4 is 10.3 Å². The number of rotatable bonds is 1. The molecule has 0 unspecified atom stereocenters. The molecule has 68 valence electrons. The van der Waals surface area contributed by atoms with Crippen molar-refractivity contribution in [2.45, 2.75) is 0 Å². The van der Waals surface area contributed by atoms with E-state index in [1.54, 1.807) is 6.07 Å². The monoisotopic (exact) mass is 198 g/mol. The first-order chi connectivity index (χ1) is 6.11. The van der Waals surface area contributed by atoms with Crippen molar-refractivity contribution in [1.82, 2.24) is 4.57 Å². The Morgan fingerprint density at radius 1 is 1.69 bits per heavy atom. The first kappa shape index (κ1) is 9.62. The second-order valence-electron chi connectivity index (χ2n) is 2.41. The van der Waals surface area contributed by atoms with Crippen molar-refractivity contribution in [3.05, 3.63) is 27.1 Å². The Kier molecular flexibility index (Phi) is 2.59. The Morgan fingerprint density at radius 3 is 2.77 bits per heavy atom. The zero-order valence-electron chi connectivity index (χ0n) is 7.17. The average Bonchev–Trinajstić information content (AvgIpc) is 2.10. The van der Waals surface area contributed by atoms with Crippen LogP contribution in [0.3, 0.4) is 0 Å². The largest absolute Gasteiger partial charge is 0.494 e. The van der Waals surface area contributed by atoms with E-state index in [9.17, 15) is 4.79 Å². The maximum atomic E-state index is 11.3. The van der Waals surface area contributed by atoms with Crippen molar-refractivity contribution < 1.29 is 4.74 Å². The van der Waals surface area contributed by atoms with Gasteiger partial charge in [-0.15, -0.1) is 0 Å². The minimum Gasteiger partial charge on any atom is -0.494 e. The highest BCUT2D eigenvalue weighted by Crippen LogP contribution is 2.24. The number of hydrogen-bond donors (Lipinski definition) is 0. The fraction of sp³-hybridized carbons (Fsp3) is 0.250. The summed E-state index contributed by atoms with van der Waals surface area (Å²) in [5, 5.41) is 8.93. The molecule has 0 spiro atoms. The van der Waals surface area contributed by atoms with E-state index >= 15 is 0 Å². The number of aromatic nitrogens is 1. The van der Waals surface area contributed by atoms with Crippen LogP contribution in [0.1, 0.15) is 5.56 Å². The predicted octanol–water partition coefficient (Wildman–Crippen LogP) is 0.919. The lowest BCUT2D eigenvalue weighted by Gasteiger charge is -2.06. The second kappa shape index (κ2) is 3.50. The molecule has 5 heteroatoms. The lowest BCUT2D eigenvalue weighted by molar-refractivity contribution is 0.411. The van der Waals surface area contributed by atoms with E-state index in [-0.39, 0.29) is 16.3 Å². The molecule has 13 heavy (non-hydrogen) atoms. The highest BCUT2D eigenvalue weighted by atomic mass is 35.5. The van der Waals surface area contributed by atoms with Crippen molar-refractivity contribution in [2.75, 3.05) is 7.11 Å². The van der Waals surface area contributed by atoms with Crippen LogP contribution in [-0.2, 0) is 7.05 Å². The summed E-state index contributed by atoms with van der Waals surface area (Å²) in [5.74, 6) is 0.132. The SMILES string of the molecule is COc1c(Cl)cn(C)c(=O)c1C#N. The predicted molar refractivity (Wildman–Crippen MR) is 48.0 cm³/mol. The van der Waals surface area contributed by atoms with Gasteiger partial charge in [0.1, 0.15) is 11.1 Å². The number of aryl methyl sites for hydroxylation is 1. The van der Waals surface area contributed by atoms with E-state index in [0.29, 0.717) is 0 Å². The summed E-state index contributed by atoms with van der Waals surface area (Å²) in [6.45, 7) is 0. The minimum absolute atomic E-state index is 0.0718. The molecule has 1 aromatic heterocycles. The summed E-state index contributed by atoms with van der Waals surface area (Å²) in [6.07, 6.45) is 1.41. The molecule has 0 bridgehead atoms. The zero-order valence-corrected chi connectivity index (χ0v) is 7.92. The summed E-state index contributed by atoms with van der Waals surface area (Å²) in [6, 6.07) is 1.75. The topological polar surface area (TPSA) is 55.0 Å². The van der Waals surface area contributed by atoms with Gasteiger partial charge in [0.2, 0.25) is 0 Å². The third-order valence-electron chi connectivity index (χ3n) is 1.60. The standard InChI is InChI=1S/C8H7ClN2O2/c1-11-4-6(9)7(13-2)5(3-10)8(11)12/h4H,1-2H3. The summed E-state index contributed by atoms with van der Waals surface area (Å²) >= 11 is 5.75. The van der Waals surface area contributed by atoms with E-state index in [1.807, 2.05) is 0 Å². The number of halogens is 1. The molecule has 0 fully saturated rings. The van der Waals surface area contributed by atoms with Gasteiger partial charge in [-0.1, -0.05) is 11.6 Å². The summed E-state index contributed by atoms with van der Waals surface area (Å²) < 4.78 is 6.07. The first-order valence-electron chi connectivity index (χ1n) is 3.45. The first-order valence-corrected chi connectivity index (χ1v) is 3.82. The lowest BCUT2D eigenvalue weighted by atomic mass is 10.3. The van der Waals surface area contributed by atoms with Gasteiger partial charge in [0.15, 0.2) is 11.3 Å². The normalized spacial score (nSPS) is 9.38. The summed E-state index contributed by atoms with van der Waals surface area (Å²) in [4.78, 5) is 11.3. The lowest BCUT2D eigenvalue weighted by Crippen LogP contribution is -2.19. The minimum atomic E-state index is -0.413. The van der Waals surface area contributed by atoms with Gasteiger partial charge in [-0.05, 0) is 0 Å². The Balaban J connectivity index is 3.64. The summed E-state index contributed by atoms with van der Waals surface area (Å²) in [7, 11) is 2.88. The number of nitrogens with zero attached hydrogens (tertiary/aromatic N) is 2. The van der Waals surface area contributed by atoms with Gasteiger partial charge in [0.25, 0.3) is 5.56 Å². The van der Waals surface area contributed by atoms with Crippen LogP contribution in [0.4, 0.5) is 0 Å². The van der Waals surface area contributed by atoms with Gasteiger partial charge in [-0.2, -0.15) is 5.26 Å². The molecule has 1 rings (SSSR count). The molecule has 4 nitrogen and oxygen atoms in total. The van der Waals surface area contributed by atoms with E-state index in [4.69, 9.17) is 21.6 Å². The van der Waals surface area contributed by atoms with Gasteiger partial charge in [-0.3, -0.25) is 4.79 Å². The molecular formula is C8H7ClN2O2. The van der Waals surface area contributed by atoms with Crippen molar-refractivity contribution >= 4 is 11.6 Å². The molecule has 0 aliphatic heterocycles. The Bertz CT molecular complexity index is 431. The Hall–Kier alpha value is -1.47. The maximum absolute atomic E-state index is 11.3. The Labute approximate surface area is 79.9 Å². The van der Waals surface area contributed by atoms with Crippen molar-refractivity contribution in [3.63, 3.8) is 0 Å². The van der Waals surface area contributed by atoms with Crippen molar-refractivity contribution in [2.24, 2.45) is 7.05 Å². The van der Waals surface area contributed by atoms with Gasteiger partial charge in [0, 0.05) is 13.2 Å². The van der Waals surface area contributed by atoms with E-state index in [0.717, 1.165) is 0 Å². The highest BCUT2D eigenvalue weighted by molar-refractivity contribution is 6.32. The van der Waals surface area contributed by atoms with Gasteiger partial charge in [0.05, 0.1) is 7.11 Å². The van der Waals surface area contributed by atoms with Crippen molar-refractivity contribution in [1.29, 1.82) is 5.26 Å². The smallest absolute Gasteiger partial charge is 0.272 e. The summed E-state index contributed by atoms with van der Waals surface area (Å²) in [5.41, 5.74) is -0.485. The van der Waals surface area contributed by atoms with Crippen LogP contribution in [0.15, 0.2) is 11.0 Å². The molecule has 0 N–H and O–H groups in total. The van der Waals surface area contributed by atoms with Crippen LogP contribution >= 0.6 is 11.6 Å². The number of nitriles is 1. The van der Waals surface area contributed by atoms with Crippen molar-refractivity contribution in [3.8, 4) is 11.8 Å². The third-order valence-corrected chi connectivity index (χ3v) is 1.87. The van der Waals surface area contributed by atoms with Gasteiger partial charge in [-0.25, -0.2) is 0 Å². The molecule has 0 amide bonds. The number of pyridine rings is 1. The molecule has 0 radical (unpaired) electrons. The molecule has 0 atom stereocenters. The highest BCUT2D eigenvalue weighted by Gasteiger charge is 2.13. The van der Waals surface area contributed by atoms with Crippen LogP contribution in [-0.4, -0.2) is 11.7 Å². The maximum Gasteiger partial charge on any atom is 0.272 e. The molecule has 0 saturated carbocycles. The van der Waals surface area contributed by atoms with E-state index in [2.05, 4.69) is 0 Å². The number of ether oxygens (including phenoxy) is 1. The molecule has 0 aromatic carbocycles. The third kappa shape index (κ3) is 1.51.